The summed E-state index contributed by atoms with van der Waals surface area (Å²) in [4.78, 5) is 26.4. The number of pyridine rings is 1. The van der Waals surface area contributed by atoms with Crippen LogP contribution in [0.25, 0.3) is 0 Å². The van der Waals surface area contributed by atoms with Crippen LogP contribution >= 0.6 is 0 Å². The predicted molar refractivity (Wildman–Crippen MR) is 76.5 cm³/mol. The fourth-order valence-electron chi connectivity index (χ4n) is 1.69. The van der Waals surface area contributed by atoms with Crippen LogP contribution in [0.2, 0.25) is 0 Å². The van der Waals surface area contributed by atoms with Gasteiger partial charge < -0.3 is 10.6 Å². The van der Waals surface area contributed by atoms with E-state index in [1.54, 1.807) is 23.6 Å². The number of anilines is 1. The van der Waals surface area contributed by atoms with Crippen molar-refractivity contribution in [3.63, 3.8) is 0 Å². The molecule has 0 bridgehead atoms. The first-order chi connectivity index (χ1) is 10.9. The van der Waals surface area contributed by atoms with Crippen molar-refractivity contribution >= 4 is 17.5 Å². The van der Waals surface area contributed by atoms with Crippen LogP contribution in [0.15, 0.2) is 48.8 Å². The lowest BCUT2D eigenvalue weighted by Crippen LogP contribution is -2.36. The van der Waals surface area contributed by atoms with Crippen LogP contribution in [0, 0.1) is 0 Å². The van der Waals surface area contributed by atoms with Crippen molar-refractivity contribution in [2.45, 2.75) is 12.7 Å². The van der Waals surface area contributed by atoms with Crippen molar-refractivity contribution in [2.24, 2.45) is 0 Å². The van der Waals surface area contributed by atoms with E-state index in [1.165, 1.54) is 30.5 Å². The Hall–Kier alpha value is -2.90. The number of halogens is 3. The minimum Gasteiger partial charge on any atom is -0.344 e. The Morgan fingerprint density at radius 3 is 2.35 bits per heavy atom. The Morgan fingerprint density at radius 1 is 1.09 bits per heavy atom. The number of amides is 2. The third-order valence-electron chi connectivity index (χ3n) is 2.85. The molecule has 0 radical (unpaired) electrons. The second kappa shape index (κ2) is 6.91. The molecule has 2 amide bonds. The van der Waals surface area contributed by atoms with E-state index in [1.807, 2.05) is 0 Å². The quantitative estimate of drug-likeness (QED) is 0.908. The van der Waals surface area contributed by atoms with Gasteiger partial charge in [0.2, 0.25) is 0 Å². The van der Waals surface area contributed by atoms with E-state index in [-0.39, 0.29) is 12.5 Å². The van der Waals surface area contributed by atoms with E-state index in [0.29, 0.717) is 16.8 Å². The number of carbonyl (C=O) groups is 2. The standard InChI is InChI=1S/C15H12F3N3O2/c16-15(17,18)14(23)20-8-10-3-5-12(6-4-10)21-13(22)11-2-1-7-19-9-11/h1-7,9H,8H2,(H,20,23)(H,21,22). The molecule has 0 atom stereocenters. The molecule has 0 saturated carbocycles. The molecule has 23 heavy (non-hydrogen) atoms. The minimum absolute atomic E-state index is 0.255. The first kappa shape index (κ1) is 16.5. The second-order valence-corrected chi connectivity index (χ2v) is 4.57. The Morgan fingerprint density at radius 2 is 1.78 bits per heavy atom. The molecule has 5 nitrogen and oxygen atoms in total. The van der Waals surface area contributed by atoms with E-state index in [9.17, 15) is 22.8 Å². The number of nitrogens with one attached hydrogen (secondary N) is 2. The van der Waals surface area contributed by atoms with Crippen LogP contribution < -0.4 is 10.6 Å². The molecular formula is C15H12F3N3O2. The van der Waals surface area contributed by atoms with Crippen LogP contribution in [-0.2, 0) is 11.3 Å². The lowest BCUT2D eigenvalue weighted by atomic mass is 10.2. The van der Waals surface area contributed by atoms with Crippen molar-refractivity contribution in [1.82, 2.24) is 10.3 Å². The molecule has 1 heterocycles. The maximum Gasteiger partial charge on any atom is 0.471 e. The molecule has 0 saturated heterocycles. The number of rotatable bonds is 4. The van der Waals surface area contributed by atoms with Crippen LogP contribution in [0.1, 0.15) is 15.9 Å². The highest BCUT2D eigenvalue weighted by molar-refractivity contribution is 6.04. The largest absolute Gasteiger partial charge is 0.471 e. The summed E-state index contributed by atoms with van der Waals surface area (Å²) in [7, 11) is 0. The molecular weight excluding hydrogens is 311 g/mol. The fourth-order valence-corrected chi connectivity index (χ4v) is 1.69. The Bertz CT molecular complexity index is 685. The zero-order chi connectivity index (χ0) is 16.9. The number of nitrogens with zero attached hydrogens (tertiary/aromatic N) is 1. The first-order valence-electron chi connectivity index (χ1n) is 6.51. The lowest BCUT2D eigenvalue weighted by molar-refractivity contribution is -0.173. The number of aromatic nitrogens is 1. The van der Waals surface area contributed by atoms with Gasteiger partial charge in [-0.2, -0.15) is 13.2 Å². The van der Waals surface area contributed by atoms with Gasteiger partial charge in [0.05, 0.1) is 5.56 Å². The highest BCUT2D eigenvalue weighted by atomic mass is 19.4. The summed E-state index contributed by atoms with van der Waals surface area (Å²) in [6.45, 7) is -0.255. The van der Waals surface area contributed by atoms with Gasteiger partial charge in [-0.1, -0.05) is 12.1 Å². The Labute approximate surface area is 129 Å². The molecule has 2 N–H and O–H groups in total. The number of hydrogen-bond donors (Lipinski definition) is 2. The van der Waals surface area contributed by atoms with Crippen molar-refractivity contribution in [3.8, 4) is 0 Å². The summed E-state index contributed by atoms with van der Waals surface area (Å²) in [5, 5.41) is 4.39. The predicted octanol–water partition coefficient (Wildman–Crippen LogP) is 2.51. The molecule has 1 aromatic heterocycles. The summed E-state index contributed by atoms with van der Waals surface area (Å²) in [5.41, 5.74) is 1.33. The summed E-state index contributed by atoms with van der Waals surface area (Å²) in [6.07, 6.45) is -1.95. The highest BCUT2D eigenvalue weighted by Crippen LogP contribution is 2.15. The molecule has 0 unspecified atom stereocenters. The topological polar surface area (TPSA) is 71.1 Å². The number of alkyl halides is 3. The zero-order valence-electron chi connectivity index (χ0n) is 11.7. The maximum atomic E-state index is 12.1. The minimum atomic E-state index is -4.91. The molecule has 0 aliphatic rings. The average Bonchev–Trinajstić information content (AvgIpc) is 2.53. The van der Waals surface area contributed by atoms with Crippen LogP contribution in [-0.4, -0.2) is 23.0 Å². The van der Waals surface area contributed by atoms with E-state index in [4.69, 9.17) is 0 Å². The Kier molecular flexibility index (Phi) is 4.95. The number of carbonyl (C=O) groups excluding carboxylic acids is 2. The number of hydrogen-bond acceptors (Lipinski definition) is 3. The lowest BCUT2D eigenvalue weighted by Gasteiger charge is -2.09. The van der Waals surface area contributed by atoms with E-state index < -0.39 is 12.1 Å². The highest BCUT2D eigenvalue weighted by Gasteiger charge is 2.38. The van der Waals surface area contributed by atoms with Crippen molar-refractivity contribution in [2.75, 3.05) is 5.32 Å². The normalized spacial score (nSPS) is 10.9. The third kappa shape index (κ3) is 4.80. The molecule has 1 aromatic carbocycles. The fraction of sp³-hybridized carbons (Fsp3) is 0.133. The maximum absolute atomic E-state index is 12.1. The zero-order valence-corrected chi connectivity index (χ0v) is 11.7. The molecule has 0 spiro atoms. The van der Waals surface area contributed by atoms with Gasteiger partial charge in [0.1, 0.15) is 0 Å². The Balaban J connectivity index is 1.92. The van der Waals surface area contributed by atoms with Gasteiger partial charge >= 0.3 is 12.1 Å². The van der Waals surface area contributed by atoms with Gasteiger partial charge in [0.15, 0.2) is 0 Å². The molecule has 8 heteroatoms. The smallest absolute Gasteiger partial charge is 0.344 e. The van der Waals surface area contributed by atoms with Crippen molar-refractivity contribution < 1.29 is 22.8 Å². The van der Waals surface area contributed by atoms with Crippen LogP contribution in [0.5, 0.6) is 0 Å². The second-order valence-electron chi connectivity index (χ2n) is 4.57. The van der Waals surface area contributed by atoms with Crippen LogP contribution in [0.4, 0.5) is 18.9 Å². The van der Waals surface area contributed by atoms with Crippen molar-refractivity contribution in [3.05, 3.63) is 59.9 Å². The van der Waals surface area contributed by atoms with E-state index in [0.717, 1.165) is 0 Å². The van der Waals surface area contributed by atoms with Gasteiger partial charge in [-0.15, -0.1) is 0 Å². The van der Waals surface area contributed by atoms with Gasteiger partial charge in [0.25, 0.3) is 5.91 Å². The van der Waals surface area contributed by atoms with E-state index in [2.05, 4.69) is 10.3 Å². The summed E-state index contributed by atoms with van der Waals surface area (Å²) in [6, 6.07) is 9.31. The van der Waals surface area contributed by atoms with Gasteiger partial charge in [0, 0.05) is 24.6 Å². The van der Waals surface area contributed by atoms with Gasteiger partial charge in [-0.3, -0.25) is 14.6 Å². The molecule has 2 rings (SSSR count). The first-order valence-corrected chi connectivity index (χ1v) is 6.51. The molecule has 0 aliphatic carbocycles. The molecule has 2 aromatic rings. The van der Waals surface area contributed by atoms with E-state index >= 15 is 0 Å². The van der Waals surface area contributed by atoms with Crippen molar-refractivity contribution in [1.29, 1.82) is 0 Å². The molecule has 0 aliphatic heterocycles. The van der Waals surface area contributed by atoms with Crippen LogP contribution in [0.3, 0.4) is 0 Å². The summed E-state index contributed by atoms with van der Waals surface area (Å²) < 4.78 is 36.2. The van der Waals surface area contributed by atoms with Gasteiger partial charge in [-0.05, 0) is 29.8 Å². The SMILES string of the molecule is O=C(Nc1ccc(CNC(=O)C(F)(F)F)cc1)c1cccnc1. The van der Waals surface area contributed by atoms with Gasteiger partial charge in [-0.25, -0.2) is 0 Å². The molecule has 120 valence electrons. The monoisotopic (exact) mass is 323 g/mol. The summed E-state index contributed by atoms with van der Waals surface area (Å²) >= 11 is 0. The molecule has 0 fully saturated rings. The number of benzene rings is 1. The average molecular weight is 323 g/mol. The summed E-state index contributed by atoms with van der Waals surface area (Å²) in [5.74, 6) is -2.34. The third-order valence-corrected chi connectivity index (χ3v) is 2.85.